The van der Waals surface area contributed by atoms with E-state index >= 15 is 0 Å². The number of benzene rings is 2. The van der Waals surface area contributed by atoms with Crippen LogP contribution in [0.3, 0.4) is 0 Å². The standard InChI is InChI=1S/C27H34Cl2N2O3/c1-4-25(27(33)30-21-8-6-5-7-9-21)31(16-20-11-13-23(28)24(29)15-20)26(32)17-34-22-12-10-18(2)19(3)14-22/h10-15,21,25H,4-9,16-17H2,1-3H3,(H,30,33). The van der Waals surface area contributed by atoms with Crippen LogP contribution in [-0.2, 0) is 16.1 Å². The molecule has 2 aromatic rings. The van der Waals surface area contributed by atoms with Crippen molar-refractivity contribution in [3.8, 4) is 5.75 Å². The first-order valence-electron chi connectivity index (χ1n) is 12.0. The lowest BCUT2D eigenvalue weighted by atomic mass is 9.95. The molecule has 1 atom stereocenters. The lowest BCUT2D eigenvalue weighted by molar-refractivity contribution is -0.143. The van der Waals surface area contributed by atoms with Crippen LogP contribution in [0.1, 0.15) is 62.1 Å². The lowest BCUT2D eigenvalue weighted by Crippen LogP contribution is -2.52. The molecule has 0 radical (unpaired) electrons. The van der Waals surface area contributed by atoms with Crippen molar-refractivity contribution in [1.29, 1.82) is 0 Å². The first-order chi connectivity index (χ1) is 16.3. The molecule has 34 heavy (non-hydrogen) atoms. The molecule has 2 aromatic carbocycles. The number of halogens is 2. The number of carbonyl (C=O) groups is 2. The molecule has 0 aromatic heterocycles. The zero-order valence-corrected chi connectivity index (χ0v) is 21.7. The largest absolute Gasteiger partial charge is 0.484 e. The first-order valence-corrected chi connectivity index (χ1v) is 12.8. The quantitative estimate of drug-likeness (QED) is 0.439. The monoisotopic (exact) mass is 504 g/mol. The molecule has 5 nitrogen and oxygen atoms in total. The van der Waals surface area contributed by atoms with E-state index in [0.717, 1.165) is 42.4 Å². The Bertz CT molecular complexity index is 1010. The van der Waals surface area contributed by atoms with Gasteiger partial charge < -0.3 is 15.0 Å². The first kappa shape index (κ1) is 26.4. The van der Waals surface area contributed by atoms with Gasteiger partial charge in [-0.1, -0.05) is 61.5 Å². The Balaban J connectivity index is 1.78. The molecule has 1 fully saturated rings. The van der Waals surface area contributed by atoms with Crippen molar-refractivity contribution in [3.63, 3.8) is 0 Å². The van der Waals surface area contributed by atoms with Gasteiger partial charge in [0.25, 0.3) is 5.91 Å². The molecule has 0 aliphatic heterocycles. The van der Waals surface area contributed by atoms with Gasteiger partial charge in [-0.05, 0) is 74.1 Å². The van der Waals surface area contributed by atoms with Crippen LogP contribution in [-0.4, -0.2) is 35.4 Å². The van der Waals surface area contributed by atoms with Gasteiger partial charge in [0.05, 0.1) is 10.0 Å². The van der Waals surface area contributed by atoms with Crippen molar-refractivity contribution in [1.82, 2.24) is 10.2 Å². The number of nitrogens with zero attached hydrogens (tertiary/aromatic N) is 1. The summed E-state index contributed by atoms with van der Waals surface area (Å²) in [6.07, 6.45) is 5.92. The van der Waals surface area contributed by atoms with Gasteiger partial charge in [0.15, 0.2) is 6.61 Å². The second kappa shape index (κ2) is 12.5. The van der Waals surface area contributed by atoms with Crippen molar-refractivity contribution in [2.45, 2.75) is 77.9 Å². The smallest absolute Gasteiger partial charge is 0.261 e. The minimum absolute atomic E-state index is 0.117. The van der Waals surface area contributed by atoms with Crippen molar-refractivity contribution < 1.29 is 14.3 Å². The summed E-state index contributed by atoms with van der Waals surface area (Å²) in [4.78, 5) is 28.2. The average molecular weight is 505 g/mol. The van der Waals surface area contributed by atoms with Crippen LogP contribution in [0.25, 0.3) is 0 Å². The van der Waals surface area contributed by atoms with Crippen LogP contribution in [0.15, 0.2) is 36.4 Å². The molecule has 184 valence electrons. The van der Waals surface area contributed by atoms with Crippen LogP contribution in [0.4, 0.5) is 0 Å². The van der Waals surface area contributed by atoms with Crippen LogP contribution in [0.2, 0.25) is 10.0 Å². The Kier molecular flexibility index (Phi) is 9.66. The third kappa shape index (κ3) is 7.13. The predicted molar refractivity (Wildman–Crippen MR) is 138 cm³/mol. The molecule has 0 saturated heterocycles. The summed E-state index contributed by atoms with van der Waals surface area (Å²) >= 11 is 12.3. The van der Waals surface area contributed by atoms with Crippen molar-refractivity contribution in [2.24, 2.45) is 0 Å². The molecule has 3 rings (SSSR count). The fraction of sp³-hybridized carbons (Fsp3) is 0.481. The normalized spacial score (nSPS) is 15.0. The van der Waals surface area contributed by atoms with Gasteiger partial charge >= 0.3 is 0 Å². The van der Waals surface area contributed by atoms with Crippen molar-refractivity contribution in [2.75, 3.05) is 6.61 Å². The van der Waals surface area contributed by atoms with Crippen LogP contribution < -0.4 is 10.1 Å². The topological polar surface area (TPSA) is 58.6 Å². The van der Waals surface area contributed by atoms with Crippen LogP contribution in [0.5, 0.6) is 5.75 Å². The van der Waals surface area contributed by atoms with E-state index in [1.807, 2.05) is 45.0 Å². The number of amides is 2. The van der Waals surface area contributed by atoms with Crippen molar-refractivity contribution in [3.05, 3.63) is 63.1 Å². The number of nitrogens with one attached hydrogen (secondary N) is 1. The number of hydrogen-bond donors (Lipinski definition) is 1. The fourth-order valence-corrected chi connectivity index (χ4v) is 4.65. The highest BCUT2D eigenvalue weighted by Gasteiger charge is 2.30. The number of aryl methyl sites for hydroxylation is 2. The molecular weight excluding hydrogens is 471 g/mol. The highest BCUT2D eigenvalue weighted by Crippen LogP contribution is 2.25. The molecule has 1 N–H and O–H groups in total. The van der Waals surface area contributed by atoms with E-state index in [1.165, 1.54) is 6.42 Å². The third-order valence-corrected chi connectivity index (χ3v) is 7.25. The SMILES string of the molecule is CCC(C(=O)NC1CCCCC1)N(Cc1ccc(Cl)c(Cl)c1)C(=O)COc1ccc(C)c(C)c1. The number of hydrogen-bond acceptors (Lipinski definition) is 3. The van der Waals surface area contributed by atoms with Gasteiger partial charge in [0, 0.05) is 12.6 Å². The molecular formula is C27H34Cl2N2O3. The molecule has 0 heterocycles. The van der Waals surface area contributed by atoms with E-state index in [1.54, 1.807) is 17.0 Å². The van der Waals surface area contributed by atoms with Crippen LogP contribution in [0, 0.1) is 13.8 Å². The van der Waals surface area contributed by atoms with Gasteiger partial charge in [-0.2, -0.15) is 0 Å². The highest BCUT2D eigenvalue weighted by atomic mass is 35.5. The summed E-state index contributed by atoms with van der Waals surface area (Å²) in [7, 11) is 0. The zero-order valence-electron chi connectivity index (χ0n) is 20.2. The Morgan fingerprint density at radius 2 is 1.76 bits per heavy atom. The van der Waals surface area contributed by atoms with Gasteiger partial charge in [-0.15, -0.1) is 0 Å². The van der Waals surface area contributed by atoms with E-state index in [0.29, 0.717) is 22.2 Å². The van der Waals surface area contributed by atoms with Crippen molar-refractivity contribution >= 4 is 35.0 Å². The molecule has 0 spiro atoms. The number of carbonyl (C=O) groups excluding carboxylic acids is 2. The Labute approximate surface area is 212 Å². The minimum atomic E-state index is -0.604. The molecule has 7 heteroatoms. The van der Waals surface area contributed by atoms with Gasteiger partial charge in [0.2, 0.25) is 5.91 Å². The zero-order chi connectivity index (χ0) is 24.7. The van der Waals surface area contributed by atoms with E-state index < -0.39 is 6.04 Å². The maximum atomic E-state index is 13.4. The summed E-state index contributed by atoms with van der Waals surface area (Å²) in [6, 6.07) is 10.6. The molecule has 1 unspecified atom stereocenters. The van der Waals surface area contributed by atoms with E-state index in [9.17, 15) is 9.59 Å². The average Bonchev–Trinajstić information content (AvgIpc) is 2.82. The lowest BCUT2D eigenvalue weighted by Gasteiger charge is -2.32. The van der Waals surface area contributed by atoms with Gasteiger partial charge in [0.1, 0.15) is 11.8 Å². The summed E-state index contributed by atoms with van der Waals surface area (Å²) in [6.45, 7) is 6.04. The number of ether oxygens (including phenoxy) is 1. The second-order valence-corrected chi connectivity index (χ2v) is 9.89. The van der Waals surface area contributed by atoms with Gasteiger partial charge in [-0.25, -0.2) is 0 Å². The Morgan fingerprint density at radius 1 is 1.03 bits per heavy atom. The van der Waals surface area contributed by atoms with E-state index in [-0.39, 0.29) is 31.0 Å². The second-order valence-electron chi connectivity index (χ2n) is 9.07. The van der Waals surface area contributed by atoms with E-state index in [2.05, 4.69) is 5.32 Å². The minimum Gasteiger partial charge on any atom is -0.484 e. The molecule has 1 aliphatic carbocycles. The summed E-state index contributed by atoms with van der Waals surface area (Å²) in [5, 5.41) is 4.04. The Hall–Kier alpha value is -2.24. The molecule has 1 aliphatic rings. The highest BCUT2D eigenvalue weighted by molar-refractivity contribution is 6.42. The summed E-state index contributed by atoms with van der Waals surface area (Å²) < 4.78 is 5.82. The number of rotatable bonds is 9. The summed E-state index contributed by atoms with van der Waals surface area (Å²) in [5.41, 5.74) is 3.05. The molecule has 2 amide bonds. The summed E-state index contributed by atoms with van der Waals surface area (Å²) in [5.74, 6) is 0.259. The van der Waals surface area contributed by atoms with Crippen LogP contribution >= 0.6 is 23.2 Å². The molecule has 1 saturated carbocycles. The molecule has 0 bridgehead atoms. The third-order valence-electron chi connectivity index (χ3n) is 6.52. The Morgan fingerprint density at radius 3 is 2.41 bits per heavy atom. The maximum Gasteiger partial charge on any atom is 0.261 e. The predicted octanol–water partition coefficient (Wildman–Crippen LogP) is 6.25. The van der Waals surface area contributed by atoms with E-state index in [4.69, 9.17) is 27.9 Å². The maximum absolute atomic E-state index is 13.4. The fourth-order valence-electron chi connectivity index (χ4n) is 4.33. The van der Waals surface area contributed by atoms with Gasteiger partial charge in [-0.3, -0.25) is 9.59 Å².